The predicted octanol–water partition coefficient (Wildman–Crippen LogP) is 1.83. The lowest BCUT2D eigenvalue weighted by Gasteiger charge is -2.10. The summed E-state index contributed by atoms with van der Waals surface area (Å²) in [5.74, 6) is 0.0925. The van der Waals surface area contributed by atoms with Crippen LogP contribution in [0, 0.1) is 6.92 Å². The Balaban J connectivity index is 3.27. The zero-order valence-corrected chi connectivity index (χ0v) is 7.92. The number of hydrogen-bond acceptors (Lipinski definition) is 3. The quantitative estimate of drug-likeness (QED) is 0.814. The van der Waals surface area contributed by atoms with Crippen molar-refractivity contribution in [1.29, 1.82) is 0 Å². The molecule has 1 aromatic rings. The van der Waals surface area contributed by atoms with E-state index < -0.39 is 6.43 Å². The second kappa shape index (κ2) is 4.32. The maximum atomic E-state index is 12.5. The van der Waals surface area contributed by atoms with Gasteiger partial charge in [0, 0.05) is 6.07 Å². The fraction of sp³-hybridized carbons (Fsp3) is 0.444. The first-order chi connectivity index (χ1) is 6.60. The summed E-state index contributed by atoms with van der Waals surface area (Å²) in [4.78, 5) is 3.62. The molecule has 0 aliphatic carbocycles. The number of pyridine rings is 1. The van der Waals surface area contributed by atoms with Crippen LogP contribution < -0.4 is 4.74 Å². The number of aliphatic hydroxyl groups is 1. The average molecular weight is 203 g/mol. The number of alkyl halides is 2. The van der Waals surface area contributed by atoms with Crippen molar-refractivity contribution in [2.24, 2.45) is 0 Å². The van der Waals surface area contributed by atoms with Crippen molar-refractivity contribution in [2.75, 3.05) is 7.11 Å². The first-order valence-corrected chi connectivity index (χ1v) is 4.03. The van der Waals surface area contributed by atoms with E-state index in [-0.39, 0.29) is 18.2 Å². The molecule has 0 atom stereocenters. The van der Waals surface area contributed by atoms with Crippen LogP contribution in [-0.2, 0) is 6.61 Å². The first-order valence-electron chi connectivity index (χ1n) is 4.03. The van der Waals surface area contributed by atoms with Gasteiger partial charge in [-0.2, -0.15) is 0 Å². The van der Waals surface area contributed by atoms with E-state index in [2.05, 4.69) is 4.98 Å². The van der Waals surface area contributed by atoms with Crippen LogP contribution >= 0.6 is 0 Å². The van der Waals surface area contributed by atoms with Crippen molar-refractivity contribution in [1.82, 2.24) is 4.98 Å². The summed E-state index contributed by atoms with van der Waals surface area (Å²) in [7, 11) is 1.34. The lowest BCUT2D eigenvalue weighted by Crippen LogP contribution is -2.02. The van der Waals surface area contributed by atoms with Crippen LogP contribution in [0.1, 0.15) is 23.2 Å². The van der Waals surface area contributed by atoms with Gasteiger partial charge < -0.3 is 9.84 Å². The van der Waals surface area contributed by atoms with Gasteiger partial charge in [-0.3, -0.25) is 0 Å². The fourth-order valence-electron chi connectivity index (χ4n) is 1.14. The summed E-state index contributed by atoms with van der Waals surface area (Å²) in [5, 5.41) is 8.92. The van der Waals surface area contributed by atoms with E-state index in [1.165, 1.54) is 20.1 Å². The summed E-state index contributed by atoms with van der Waals surface area (Å²) < 4.78 is 29.7. The van der Waals surface area contributed by atoms with Crippen LogP contribution in [0.15, 0.2) is 6.07 Å². The number of nitrogens with zero attached hydrogens (tertiary/aromatic N) is 1. The van der Waals surface area contributed by atoms with Crippen LogP contribution in [0.3, 0.4) is 0 Å². The van der Waals surface area contributed by atoms with Gasteiger partial charge in [0.05, 0.1) is 13.7 Å². The number of aromatic nitrogens is 1. The summed E-state index contributed by atoms with van der Waals surface area (Å²) in [5.41, 5.74) is 0.379. The van der Waals surface area contributed by atoms with Gasteiger partial charge in [0.25, 0.3) is 6.43 Å². The molecule has 5 heteroatoms. The molecule has 0 aliphatic rings. The number of rotatable bonds is 3. The largest absolute Gasteiger partial charge is 0.481 e. The highest BCUT2D eigenvalue weighted by Gasteiger charge is 2.16. The molecule has 0 unspecified atom stereocenters. The highest BCUT2D eigenvalue weighted by atomic mass is 19.3. The van der Waals surface area contributed by atoms with Gasteiger partial charge in [-0.05, 0) is 18.1 Å². The van der Waals surface area contributed by atoms with Gasteiger partial charge in [-0.25, -0.2) is 13.8 Å². The molecule has 0 aromatic carbocycles. The van der Waals surface area contributed by atoms with E-state index in [0.717, 1.165) is 0 Å². The van der Waals surface area contributed by atoms with Crippen LogP contribution in [0.2, 0.25) is 0 Å². The zero-order chi connectivity index (χ0) is 10.7. The molecule has 14 heavy (non-hydrogen) atoms. The number of methoxy groups -OCH3 is 1. The molecule has 0 bridgehead atoms. The molecule has 1 rings (SSSR count). The molecule has 1 aromatic heterocycles. The highest BCUT2D eigenvalue weighted by molar-refractivity contribution is 5.34. The molecule has 0 radical (unpaired) electrons. The monoisotopic (exact) mass is 203 g/mol. The minimum atomic E-state index is -2.66. The Morgan fingerprint density at radius 3 is 2.64 bits per heavy atom. The third-order valence-electron chi connectivity index (χ3n) is 1.98. The maximum absolute atomic E-state index is 12.5. The molecule has 0 fully saturated rings. The molecule has 0 spiro atoms. The van der Waals surface area contributed by atoms with Crippen molar-refractivity contribution in [3.63, 3.8) is 0 Å². The second-order valence-corrected chi connectivity index (χ2v) is 2.79. The third-order valence-corrected chi connectivity index (χ3v) is 1.98. The Labute approximate surface area is 80.3 Å². The first kappa shape index (κ1) is 10.8. The SMILES string of the molecule is COc1cc(CO)c(C)c(C(F)F)n1. The Hall–Kier alpha value is -1.23. The third kappa shape index (κ3) is 1.98. The summed E-state index contributed by atoms with van der Waals surface area (Å²) in [6.07, 6.45) is -2.66. The van der Waals surface area contributed by atoms with Crippen LogP contribution in [0.4, 0.5) is 8.78 Å². The molecule has 0 saturated heterocycles. The number of hydrogen-bond donors (Lipinski definition) is 1. The highest BCUT2D eigenvalue weighted by Crippen LogP contribution is 2.26. The Kier molecular flexibility index (Phi) is 3.35. The molecule has 0 amide bonds. The van der Waals surface area contributed by atoms with Gasteiger partial charge in [-0.15, -0.1) is 0 Å². The van der Waals surface area contributed by atoms with Crippen LogP contribution in [0.5, 0.6) is 5.88 Å². The second-order valence-electron chi connectivity index (χ2n) is 2.79. The molecule has 0 aliphatic heterocycles. The number of ether oxygens (including phenoxy) is 1. The molecule has 3 nitrogen and oxygen atoms in total. The predicted molar refractivity (Wildman–Crippen MR) is 46.4 cm³/mol. The van der Waals surface area contributed by atoms with Gasteiger partial charge in [0.1, 0.15) is 5.69 Å². The number of aliphatic hydroxyl groups excluding tert-OH is 1. The van der Waals surface area contributed by atoms with Gasteiger partial charge >= 0.3 is 0 Å². The van der Waals surface area contributed by atoms with E-state index in [1.54, 1.807) is 0 Å². The number of halogens is 2. The van der Waals surface area contributed by atoms with Crippen molar-refractivity contribution < 1.29 is 18.6 Å². The van der Waals surface area contributed by atoms with Crippen molar-refractivity contribution in [2.45, 2.75) is 20.0 Å². The summed E-state index contributed by atoms with van der Waals surface area (Å²) in [6, 6.07) is 1.45. The Morgan fingerprint density at radius 2 is 2.21 bits per heavy atom. The smallest absolute Gasteiger partial charge is 0.280 e. The van der Waals surface area contributed by atoms with E-state index >= 15 is 0 Å². The van der Waals surface area contributed by atoms with Gasteiger partial charge in [0.2, 0.25) is 5.88 Å². The summed E-state index contributed by atoms with van der Waals surface area (Å²) >= 11 is 0. The molecular formula is C9H11F2NO2. The lowest BCUT2D eigenvalue weighted by molar-refractivity contribution is 0.143. The minimum absolute atomic E-state index is 0.0925. The minimum Gasteiger partial charge on any atom is -0.481 e. The molecule has 1 heterocycles. The average Bonchev–Trinajstić information content (AvgIpc) is 2.17. The Morgan fingerprint density at radius 1 is 1.57 bits per heavy atom. The summed E-state index contributed by atoms with van der Waals surface area (Å²) in [6.45, 7) is 1.20. The van der Waals surface area contributed by atoms with E-state index in [0.29, 0.717) is 11.1 Å². The van der Waals surface area contributed by atoms with E-state index in [1.807, 2.05) is 0 Å². The molecule has 0 saturated carbocycles. The van der Waals surface area contributed by atoms with Crippen LogP contribution in [-0.4, -0.2) is 17.2 Å². The zero-order valence-electron chi connectivity index (χ0n) is 7.92. The van der Waals surface area contributed by atoms with Crippen molar-refractivity contribution in [3.8, 4) is 5.88 Å². The van der Waals surface area contributed by atoms with Crippen molar-refractivity contribution >= 4 is 0 Å². The van der Waals surface area contributed by atoms with Crippen LogP contribution in [0.25, 0.3) is 0 Å². The van der Waals surface area contributed by atoms with E-state index in [4.69, 9.17) is 9.84 Å². The normalized spacial score (nSPS) is 10.7. The van der Waals surface area contributed by atoms with Gasteiger partial charge in [-0.1, -0.05) is 0 Å². The molecule has 78 valence electrons. The molecule has 1 N–H and O–H groups in total. The molecular weight excluding hydrogens is 192 g/mol. The van der Waals surface area contributed by atoms with Gasteiger partial charge in [0.15, 0.2) is 0 Å². The van der Waals surface area contributed by atoms with Crippen molar-refractivity contribution in [3.05, 3.63) is 22.9 Å². The maximum Gasteiger partial charge on any atom is 0.280 e. The topological polar surface area (TPSA) is 42.4 Å². The Bertz CT molecular complexity index is 329. The lowest BCUT2D eigenvalue weighted by atomic mass is 10.1. The fourth-order valence-corrected chi connectivity index (χ4v) is 1.14. The van der Waals surface area contributed by atoms with E-state index in [9.17, 15) is 8.78 Å². The standard InChI is InChI=1S/C9H11F2NO2/c1-5-6(4-13)3-7(14-2)12-8(5)9(10)11/h3,9,13H,4H2,1-2H3.